The summed E-state index contributed by atoms with van der Waals surface area (Å²) in [4.78, 5) is 16.7. The van der Waals surface area contributed by atoms with Gasteiger partial charge >= 0.3 is 6.03 Å². The highest BCUT2D eigenvalue weighted by molar-refractivity contribution is 5.74. The van der Waals surface area contributed by atoms with Crippen molar-refractivity contribution < 1.29 is 4.79 Å². The second-order valence-electron chi connectivity index (χ2n) is 6.23. The summed E-state index contributed by atoms with van der Waals surface area (Å²) >= 11 is 0. The number of piperidine rings is 2. The first kappa shape index (κ1) is 14.6. The van der Waals surface area contributed by atoms with Crippen LogP contribution in [0.15, 0.2) is 0 Å². The van der Waals surface area contributed by atoms with Crippen LogP contribution >= 0.6 is 0 Å². The molecule has 4 nitrogen and oxygen atoms in total. The molecule has 0 aliphatic carbocycles. The lowest BCUT2D eigenvalue weighted by atomic mass is 9.98. The Morgan fingerprint density at radius 1 is 1.37 bits per heavy atom. The molecule has 0 spiro atoms. The number of rotatable bonds is 3. The van der Waals surface area contributed by atoms with E-state index in [1.165, 1.54) is 19.3 Å². The van der Waals surface area contributed by atoms with Crippen LogP contribution in [0.5, 0.6) is 0 Å². The van der Waals surface area contributed by atoms with Gasteiger partial charge in [0.05, 0.1) is 0 Å². The second-order valence-corrected chi connectivity index (χ2v) is 6.23. The fraction of sp³-hybridized carbons (Fsp3) is 0.933. The Balaban J connectivity index is 1.86. The number of urea groups is 1. The van der Waals surface area contributed by atoms with Crippen LogP contribution in [0.2, 0.25) is 0 Å². The van der Waals surface area contributed by atoms with E-state index in [9.17, 15) is 4.79 Å². The summed E-state index contributed by atoms with van der Waals surface area (Å²) < 4.78 is 0. The molecule has 1 N–H and O–H groups in total. The van der Waals surface area contributed by atoms with E-state index in [2.05, 4.69) is 29.0 Å². The molecule has 2 heterocycles. The highest BCUT2D eigenvalue weighted by Crippen LogP contribution is 2.18. The molecule has 2 amide bonds. The quantitative estimate of drug-likeness (QED) is 0.850. The van der Waals surface area contributed by atoms with Crippen molar-refractivity contribution in [1.82, 2.24) is 15.1 Å². The van der Waals surface area contributed by atoms with Gasteiger partial charge in [0.15, 0.2) is 0 Å². The van der Waals surface area contributed by atoms with Crippen molar-refractivity contribution >= 4 is 6.03 Å². The van der Waals surface area contributed by atoms with Gasteiger partial charge in [0.2, 0.25) is 0 Å². The Morgan fingerprint density at radius 3 is 2.84 bits per heavy atom. The fourth-order valence-electron chi connectivity index (χ4n) is 3.30. The molecule has 0 saturated carbocycles. The molecule has 2 unspecified atom stereocenters. The first-order valence-corrected chi connectivity index (χ1v) is 7.95. The van der Waals surface area contributed by atoms with Crippen molar-refractivity contribution in [3.63, 3.8) is 0 Å². The van der Waals surface area contributed by atoms with E-state index in [-0.39, 0.29) is 6.03 Å². The third-order valence-corrected chi connectivity index (χ3v) is 4.46. The van der Waals surface area contributed by atoms with Crippen LogP contribution in [0, 0.1) is 11.8 Å². The van der Waals surface area contributed by atoms with E-state index >= 15 is 0 Å². The molecule has 2 rings (SSSR count). The number of carbonyl (C=O) groups is 1. The zero-order valence-electron chi connectivity index (χ0n) is 12.5. The SMILES string of the molecule is CCN(CC1CCCNC1)C(=O)N1CCCC(C)C1. The topological polar surface area (TPSA) is 35.6 Å². The maximum Gasteiger partial charge on any atom is 0.320 e. The highest BCUT2D eigenvalue weighted by atomic mass is 16.2. The fourth-order valence-corrected chi connectivity index (χ4v) is 3.30. The van der Waals surface area contributed by atoms with E-state index in [4.69, 9.17) is 0 Å². The number of hydrogen-bond acceptors (Lipinski definition) is 2. The number of nitrogens with one attached hydrogen (secondary N) is 1. The summed E-state index contributed by atoms with van der Waals surface area (Å²) in [5.74, 6) is 1.30. The minimum atomic E-state index is 0.264. The number of hydrogen-bond donors (Lipinski definition) is 1. The van der Waals surface area contributed by atoms with Crippen LogP contribution in [0.3, 0.4) is 0 Å². The van der Waals surface area contributed by atoms with Crippen LogP contribution in [0.25, 0.3) is 0 Å². The number of nitrogens with zero attached hydrogens (tertiary/aromatic N) is 2. The molecule has 2 fully saturated rings. The number of amides is 2. The van der Waals surface area contributed by atoms with Gasteiger partial charge in [-0.3, -0.25) is 0 Å². The molecule has 0 radical (unpaired) electrons. The third-order valence-electron chi connectivity index (χ3n) is 4.46. The molecule has 110 valence electrons. The standard InChI is InChI=1S/C15H29N3O/c1-3-17(12-14-7-4-8-16-10-14)15(19)18-9-5-6-13(2)11-18/h13-14,16H,3-12H2,1-2H3. The molecule has 2 aliphatic rings. The Kier molecular flexibility index (Phi) is 5.49. The maximum atomic E-state index is 12.6. The third kappa shape index (κ3) is 4.10. The monoisotopic (exact) mass is 267 g/mol. The predicted molar refractivity (Wildman–Crippen MR) is 78.2 cm³/mol. The van der Waals surface area contributed by atoms with Gasteiger partial charge in [-0.05, 0) is 57.5 Å². The van der Waals surface area contributed by atoms with Crippen LogP contribution in [0.4, 0.5) is 4.79 Å². The first-order valence-electron chi connectivity index (χ1n) is 7.95. The molecule has 0 bridgehead atoms. The molecule has 0 aromatic carbocycles. The Bertz CT molecular complexity index is 289. The van der Waals surface area contributed by atoms with E-state index in [0.717, 1.165) is 45.7 Å². The molecule has 2 saturated heterocycles. The minimum absolute atomic E-state index is 0.264. The van der Waals surface area contributed by atoms with Gasteiger partial charge in [0.25, 0.3) is 0 Å². The molecule has 2 aliphatic heterocycles. The van der Waals surface area contributed by atoms with Crippen molar-refractivity contribution in [3.8, 4) is 0 Å². The van der Waals surface area contributed by atoms with Gasteiger partial charge in [-0.25, -0.2) is 4.79 Å². The lowest BCUT2D eigenvalue weighted by molar-refractivity contribution is 0.124. The lowest BCUT2D eigenvalue weighted by Gasteiger charge is -2.37. The van der Waals surface area contributed by atoms with Crippen LogP contribution in [-0.2, 0) is 0 Å². The molecule has 2 atom stereocenters. The van der Waals surface area contributed by atoms with Gasteiger partial charge in [-0.15, -0.1) is 0 Å². The van der Waals surface area contributed by atoms with Gasteiger partial charge < -0.3 is 15.1 Å². The summed E-state index contributed by atoms with van der Waals surface area (Å²) in [5, 5.41) is 3.44. The first-order chi connectivity index (χ1) is 9.20. The van der Waals surface area contributed by atoms with Gasteiger partial charge in [0, 0.05) is 26.2 Å². The van der Waals surface area contributed by atoms with E-state index in [1.54, 1.807) is 0 Å². The lowest BCUT2D eigenvalue weighted by Crippen LogP contribution is -2.49. The minimum Gasteiger partial charge on any atom is -0.325 e. The normalized spacial score (nSPS) is 28.2. The van der Waals surface area contributed by atoms with Crippen LogP contribution < -0.4 is 5.32 Å². The molecule has 19 heavy (non-hydrogen) atoms. The molecular formula is C15H29N3O. The Morgan fingerprint density at radius 2 is 2.21 bits per heavy atom. The maximum absolute atomic E-state index is 12.6. The van der Waals surface area contributed by atoms with Gasteiger partial charge in [-0.2, -0.15) is 0 Å². The highest BCUT2D eigenvalue weighted by Gasteiger charge is 2.26. The molecule has 0 aromatic heterocycles. The van der Waals surface area contributed by atoms with Crippen molar-refractivity contribution in [2.24, 2.45) is 11.8 Å². The molecule has 0 aromatic rings. The van der Waals surface area contributed by atoms with Crippen molar-refractivity contribution in [2.75, 3.05) is 39.3 Å². The summed E-state index contributed by atoms with van der Waals surface area (Å²) in [7, 11) is 0. The van der Waals surface area contributed by atoms with Gasteiger partial charge in [0.1, 0.15) is 0 Å². The number of likely N-dealkylation sites (tertiary alicyclic amines) is 1. The zero-order valence-corrected chi connectivity index (χ0v) is 12.5. The Labute approximate surface area is 117 Å². The van der Waals surface area contributed by atoms with E-state index < -0.39 is 0 Å². The largest absolute Gasteiger partial charge is 0.325 e. The summed E-state index contributed by atoms with van der Waals surface area (Å²) in [6.45, 7) is 10.2. The molecular weight excluding hydrogens is 238 g/mol. The van der Waals surface area contributed by atoms with E-state index in [1.807, 2.05) is 0 Å². The second kappa shape index (κ2) is 7.13. The van der Waals surface area contributed by atoms with Crippen LogP contribution in [0.1, 0.15) is 39.5 Å². The number of carbonyl (C=O) groups excluding carboxylic acids is 1. The summed E-state index contributed by atoms with van der Waals surface area (Å²) in [6.07, 6.45) is 4.93. The van der Waals surface area contributed by atoms with Gasteiger partial charge in [-0.1, -0.05) is 6.92 Å². The van der Waals surface area contributed by atoms with Crippen molar-refractivity contribution in [1.29, 1.82) is 0 Å². The smallest absolute Gasteiger partial charge is 0.320 e. The average Bonchev–Trinajstić information content (AvgIpc) is 2.45. The zero-order chi connectivity index (χ0) is 13.7. The Hall–Kier alpha value is -0.770. The summed E-state index contributed by atoms with van der Waals surface area (Å²) in [5.41, 5.74) is 0. The van der Waals surface area contributed by atoms with Crippen molar-refractivity contribution in [2.45, 2.75) is 39.5 Å². The van der Waals surface area contributed by atoms with E-state index in [0.29, 0.717) is 11.8 Å². The summed E-state index contributed by atoms with van der Waals surface area (Å²) in [6, 6.07) is 0.264. The molecule has 4 heteroatoms. The van der Waals surface area contributed by atoms with Crippen molar-refractivity contribution in [3.05, 3.63) is 0 Å². The average molecular weight is 267 g/mol. The predicted octanol–water partition coefficient (Wildman–Crippen LogP) is 2.16. The van der Waals surface area contributed by atoms with Crippen LogP contribution in [-0.4, -0.2) is 55.1 Å².